The number of aliphatic carboxylic acids is 1. The lowest BCUT2D eigenvalue weighted by atomic mass is 9.33. The van der Waals surface area contributed by atoms with E-state index in [1.165, 1.54) is 19.4 Å². The third kappa shape index (κ3) is 9.08. The number of aliphatic hydroxyl groups excluding tert-OH is 11. The van der Waals surface area contributed by atoms with Crippen LogP contribution in [0.1, 0.15) is 120 Å². The predicted octanol–water partition coefficient (Wildman–Crippen LogP) is 0.197. The van der Waals surface area contributed by atoms with Crippen molar-refractivity contribution in [1.29, 1.82) is 0 Å². The number of rotatable bonds is 11. The number of hydrogen-bond donors (Lipinski definition) is 12. The van der Waals surface area contributed by atoms with Crippen molar-refractivity contribution in [2.24, 2.45) is 50.2 Å². The number of carboxylic acid groups (broad SMARTS) is 1. The molecule has 12 N–H and O–H groups in total. The molecule has 9 aliphatic rings. The lowest BCUT2D eigenvalue weighted by Crippen LogP contribution is -2.67. The topological polar surface area (TPSA) is 334 Å². The van der Waals surface area contributed by atoms with Crippen LogP contribution < -0.4 is 0 Å². The number of carbonyl (C=O) groups is 1. The van der Waals surface area contributed by atoms with E-state index >= 15 is 0 Å². The van der Waals surface area contributed by atoms with Gasteiger partial charge in [-0.15, -0.1) is 0 Å². The Balaban J connectivity index is 0.850. The molecule has 0 amide bonds. The molecule has 4 heterocycles. The van der Waals surface area contributed by atoms with E-state index in [2.05, 4.69) is 40.7 Å². The van der Waals surface area contributed by atoms with Crippen molar-refractivity contribution in [1.82, 2.24) is 0 Å². The normalized spacial score (nSPS) is 55.4. The lowest BCUT2D eigenvalue weighted by molar-refractivity contribution is -0.385. The first kappa shape index (κ1) is 57.1. The van der Waals surface area contributed by atoms with Crippen LogP contribution in [0, 0.1) is 50.2 Å². The van der Waals surface area contributed by atoms with Crippen molar-refractivity contribution in [3.05, 3.63) is 11.6 Å². The molecule has 21 heteroatoms. The zero-order valence-corrected chi connectivity index (χ0v) is 44.1. The average Bonchev–Trinajstić information content (AvgIpc) is 3.35. The van der Waals surface area contributed by atoms with E-state index in [4.69, 9.17) is 37.9 Å². The summed E-state index contributed by atoms with van der Waals surface area (Å²) in [5, 5.41) is 132. The van der Waals surface area contributed by atoms with Crippen molar-refractivity contribution in [3.63, 3.8) is 0 Å². The van der Waals surface area contributed by atoms with Crippen LogP contribution in [-0.4, -0.2) is 210 Å². The van der Waals surface area contributed by atoms with Gasteiger partial charge in [-0.1, -0.05) is 53.2 Å². The van der Waals surface area contributed by atoms with Gasteiger partial charge in [0.25, 0.3) is 0 Å². The molecule has 4 aliphatic heterocycles. The van der Waals surface area contributed by atoms with Crippen LogP contribution in [0.5, 0.6) is 0 Å². The number of fused-ring (bicyclic) bond motifs is 7. The maximum absolute atomic E-state index is 13.1. The summed E-state index contributed by atoms with van der Waals surface area (Å²) >= 11 is 0. The SMILES string of the molecule is C[C@@H]1O[C@@H](O[C@@H]2[C@@H](O)[C@H](O[C@@H]3[C@@H](O)[C@H](C)O[C@@H](O[C@@H]4CO[C@@H](O[C@H]5CC[C@@]6(C)C(CC[C@]7(C)[C@@H]6CC=C6[C@H]8CC(C)(C)CC[C@]8(C(=O)O)CC[C@]67C)[C@]5(C)CO)[C@H](O)[C@H]4O)[C@@H]3O)O[C@H](CO)[C@H]2O)[C@H](O)[C@H](O)[C@H]1O. The smallest absolute Gasteiger partial charge is 0.310 e. The highest BCUT2D eigenvalue weighted by Gasteiger charge is 2.70. The fraction of sp³-hybridized carbons (Fsp3) is 0.943. The van der Waals surface area contributed by atoms with Gasteiger partial charge in [0.15, 0.2) is 25.2 Å². The Morgan fingerprint density at radius 3 is 1.85 bits per heavy atom. The van der Waals surface area contributed by atoms with Crippen LogP contribution in [-0.2, 0) is 42.7 Å². The maximum Gasteiger partial charge on any atom is 0.310 e. The molecule has 424 valence electrons. The number of aliphatic hydroxyl groups is 11. The third-order valence-electron chi connectivity index (χ3n) is 21.2. The van der Waals surface area contributed by atoms with Gasteiger partial charge in [-0.3, -0.25) is 4.79 Å². The third-order valence-corrected chi connectivity index (χ3v) is 21.2. The lowest BCUT2D eigenvalue weighted by Gasteiger charge is -2.71. The Kier molecular flexibility index (Phi) is 15.8. The van der Waals surface area contributed by atoms with E-state index in [-0.39, 0.29) is 52.6 Å². The summed E-state index contributed by atoms with van der Waals surface area (Å²) in [6.45, 7) is 15.3. The summed E-state index contributed by atoms with van der Waals surface area (Å²) in [6, 6.07) is 0. The van der Waals surface area contributed by atoms with Gasteiger partial charge in [-0.25, -0.2) is 0 Å². The highest BCUT2D eigenvalue weighted by atomic mass is 16.8. The van der Waals surface area contributed by atoms with Gasteiger partial charge in [0, 0.05) is 5.41 Å². The van der Waals surface area contributed by atoms with Crippen LogP contribution in [0.2, 0.25) is 0 Å². The maximum atomic E-state index is 13.1. The zero-order chi connectivity index (χ0) is 54.0. The molecule has 74 heavy (non-hydrogen) atoms. The molecule has 0 aromatic rings. The molecule has 21 nitrogen and oxygen atoms in total. The Bertz CT molecular complexity index is 2050. The molecular formula is C53H86O21. The molecule has 5 aliphatic carbocycles. The summed E-state index contributed by atoms with van der Waals surface area (Å²) in [6.07, 6.45) is -20.4. The van der Waals surface area contributed by atoms with Gasteiger partial charge in [0.05, 0.1) is 43.5 Å². The van der Waals surface area contributed by atoms with E-state index in [9.17, 15) is 66.1 Å². The predicted molar refractivity (Wildman–Crippen MR) is 256 cm³/mol. The molecule has 0 aromatic carbocycles. The molecule has 8 fully saturated rings. The Morgan fingerprint density at radius 2 is 1.22 bits per heavy atom. The van der Waals surface area contributed by atoms with Gasteiger partial charge in [0.1, 0.15) is 79.4 Å². The highest BCUT2D eigenvalue weighted by molar-refractivity contribution is 5.76. The zero-order valence-electron chi connectivity index (χ0n) is 44.1. The number of carboxylic acids is 1. The summed E-state index contributed by atoms with van der Waals surface area (Å²) in [5.74, 6) is -0.388. The summed E-state index contributed by atoms with van der Waals surface area (Å²) in [5.41, 5.74) is -0.602. The van der Waals surface area contributed by atoms with Gasteiger partial charge in [-0.2, -0.15) is 0 Å². The van der Waals surface area contributed by atoms with E-state index in [0.29, 0.717) is 19.3 Å². The second kappa shape index (κ2) is 20.5. The fourth-order valence-electron chi connectivity index (χ4n) is 16.2. The minimum absolute atomic E-state index is 0.00722. The Labute approximate surface area is 433 Å². The molecule has 0 aromatic heterocycles. The first-order valence-electron chi connectivity index (χ1n) is 27.1. The minimum atomic E-state index is -1.92. The summed E-state index contributed by atoms with van der Waals surface area (Å²) in [4.78, 5) is 13.1. The molecule has 4 saturated carbocycles. The molecule has 9 rings (SSSR count). The van der Waals surface area contributed by atoms with Crippen LogP contribution in [0.3, 0.4) is 0 Å². The quantitative estimate of drug-likeness (QED) is 0.0971. The first-order chi connectivity index (χ1) is 34.6. The molecular weight excluding hydrogens is 973 g/mol. The van der Waals surface area contributed by atoms with E-state index in [1.54, 1.807) is 0 Å². The number of ether oxygens (including phenoxy) is 8. The first-order valence-corrected chi connectivity index (χ1v) is 27.1. The van der Waals surface area contributed by atoms with E-state index < -0.39 is 146 Å². The molecule has 28 atom stereocenters. The largest absolute Gasteiger partial charge is 0.481 e. The van der Waals surface area contributed by atoms with Crippen molar-refractivity contribution in [2.45, 2.75) is 242 Å². The van der Waals surface area contributed by atoms with Crippen LogP contribution in [0.4, 0.5) is 0 Å². The minimum Gasteiger partial charge on any atom is -0.481 e. The van der Waals surface area contributed by atoms with E-state index in [0.717, 1.165) is 44.9 Å². The highest BCUT2D eigenvalue weighted by Crippen LogP contribution is 2.76. The number of allylic oxidation sites excluding steroid dienone is 2. The van der Waals surface area contributed by atoms with Gasteiger partial charge < -0.3 is 99.2 Å². The van der Waals surface area contributed by atoms with Crippen molar-refractivity contribution < 1.29 is 104 Å². The second-order valence-corrected chi connectivity index (χ2v) is 25.6. The van der Waals surface area contributed by atoms with Gasteiger partial charge >= 0.3 is 5.97 Å². The molecule has 1 unspecified atom stereocenters. The van der Waals surface area contributed by atoms with E-state index in [1.807, 2.05) is 6.92 Å². The van der Waals surface area contributed by atoms with Crippen LogP contribution in [0.25, 0.3) is 0 Å². The average molecular weight is 1060 g/mol. The van der Waals surface area contributed by atoms with Crippen LogP contribution >= 0.6 is 0 Å². The standard InChI is InChI=1S/C53H86O21/c1-23-32(56)36(60)38(62)44(68-23)74-42-35(59)27(20-54)70-46(40(42)64)73-41-33(57)24(2)69-45(39(41)63)71-28-21-67-43(37(61)34(28)58)72-31-12-13-49(5)29(50(31,6)22-55)11-14-52(8)30(49)10-9-25-26-19-48(3,4)15-17-53(26,47(65)66)18-16-51(25,52)7/h9,23-24,26-46,54-64H,10-22H2,1-8H3,(H,65,66)/t23-,24-,26+,27+,28+,29?,30+,31-,32-,33-,34-,35+,36+,37+,38+,39+,40+,41+,42-,43-,44-,45-,46-,49-,50-,51+,52+,53-/m0/s1. The van der Waals surface area contributed by atoms with Crippen LogP contribution in [0.15, 0.2) is 11.6 Å². The molecule has 0 bridgehead atoms. The van der Waals surface area contributed by atoms with Crippen molar-refractivity contribution in [3.8, 4) is 0 Å². The monoisotopic (exact) mass is 1060 g/mol. The van der Waals surface area contributed by atoms with Gasteiger partial charge in [0.2, 0.25) is 0 Å². The van der Waals surface area contributed by atoms with Crippen molar-refractivity contribution in [2.75, 3.05) is 19.8 Å². The Morgan fingerprint density at radius 1 is 0.622 bits per heavy atom. The second-order valence-electron chi connectivity index (χ2n) is 25.6. The summed E-state index contributed by atoms with van der Waals surface area (Å²) in [7, 11) is 0. The van der Waals surface area contributed by atoms with Crippen molar-refractivity contribution >= 4 is 5.97 Å². The summed E-state index contributed by atoms with van der Waals surface area (Å²) < 4.78 is 47.3. The molecule has 4 saturated heterocycles. The fourth-order valence-corrected chi connectivity index (χ4v) is 16.2. The Hall–Kier alpha value is -1.55. The van der Waals surface area contributed by atoms with Gasteiger partial charge in [-0.05, 0) is 117 Å². The number of hydrogen-bond acceptors (Lipinski definition) is 20. The molecule has 0 radical (unpaired) electrons. The molecule has 0 spiro atoms.